The second-order valence-corrected chi connectivity index (χ2v) is 27.8. The molecule has 2 spiro atoms. The molecular formula is C95H59N5OS. The SMILES string of the molecule is c1ccc(-c2ccc(-c3nc(-c4ccccc4)nc(-c4cccc(-c5cccc6c5Oc5ccccc5C65c6ccccc6-n6c7ccccc7c7cccc5c76)c4)n3)cc2)cc1.c1ccc(-c2cccc3c2Sc2ccccc2C32c3ccccc3-n3c4ccccc4c4cccc2c43)cc1. The van der Waals surface area contributed by atoms with Gasteiger partial charge >= 0.3 is 0 Å². The van der Waals surface area contributed by atoms with Crippen molar-refractivity contribution in [3.63, 3.8) is 0 Å². The minimum atomic E-state index is -0.665. The molecule has 7 heterocycles. The molecule has 22 rings (SSSR count). The van der Waals surface area contributed by atoms with Crippen molar-refractivity contribution in [2.45, 2.75) is 20.6 Å². The Kier molecular flexibility index (Phi) is 13.0. The fourth-order valence-corrected chi connectivity index (χ4v) is 18.7. The van der Waals surface area contributed by atoms with Crippen LogP contribution in [0.5, 0.6) is 11.5 Å². The molecule has 3 aromatic heterocycles. The fraction of sp³-hybridized carbons (Fsp3) is 0.0211. The summed E-state index contributed by atoms with van der Waals surface area (Å²) in [6.45, 7) is 0. The number of para-hydroxylation sites is 8. The molecule has 0 N–H and O–H groups in total. The first-order chi connectivity index (χ1) is 50.6. The van der Waals surface area contributed by atoms with Crippen molar-refractivity contribution in [1.29, 1.82) is 0 Å². The molecule has 0 aliphatic carbocycles. The Balaban J connectivity index is 0.000000148. The van der Waals surface area contributed by atoms with E-state index in [1.54, 1.807) is 0 Å². The van der Waals surface area contributed by atoms with Gasteiger partial charge in [0.1, 0.15) is 11.5 Å². The Morgan fingerprint density at radius 3 is 1.30 bits per heavy atom. The minimum Gasteiger partial charge on any atom is -0.456 e. The van der Waals surface area contributed by atoms with Gasteiger partial charge in [0.15, 0.2) is 17.5 Å². The van der Waals surface area contributed by atoms with E-state index in [-0.39, 0.29) is 0 Å². The van der Waals surface area contributed by atoms with Crippen LogP contribution in [0.1, 0.15) is 44.5 Å². The van der Waals surface area contributed by atoms with Crippen molar-refractivity contribution in [2.24, 2.45) is 0 Å². The van der Waals surface area contributed by atoms with Gasteiger partial charge in [-0.2, -0.15) is 0 Å². The van der Waals surface area contributed by atoms with Crippen molar-refractivity contribution >= 4 is 55.4 Å². The smallest absolute Gasteiger partial charge is 0.164 e. The van der Waals surface area contributed by atoms with Crippen LogP contribution in [0.25, 0.3) is 123 Å². The van der Waals surface area contributed by atoms with Gasteiger partial charge in [0, 0.05) is 64.7 Å². The number of nitrogens with zero attached hydrogens (tertiary/aromatic N) is 5. The molecule has 4 aliphatic heterocycles. The summed E-state index contributed by atoms with van der Waals surface area (Å²) < 4.78 is 12.1. The number of ether oxygens (including phenoxy) is 1. The third-order valence-electron chi connectivity index (χ3n) is 21.6. The van der Waals surface area contributed by atoms with Crippen molar-refractivity contribution in [1.82, 2.24) is 24.1 Å². The van der Waals surface area contributed by atoms with Gasteiger partial charge in [-0.25, -0.2) is 15.0 Å². The normalized spacial score (nSPS) is 15.4. The summed E-state index contributed by atoms with van der Waals surface area (Å²) in [7, 11) is 0. The highest BCUT2D eigenvalue weighted by Gasteiger charge is 2.52. The summed E-state index contributed by atoms with van der Waals surface area (Å²) in [5.74, 6) is 3.52. The zero-order valence-electron chi connectivity index (χ0n) is 55.1. The number of fused-ring (bicyclic) bond motifs is 22. The Morgan fingerprint density at radius 1 is 0.265 bits per heavy atom. The molecular weight excluding hydrogens is 1260 g/mol. The maximum atomic E-state index is 7.14. The van der Waals surface area contributed by atoms with Crippen molar-refractivity contribution in [2.75, 3.05) is 0 Å². The Labute approximate surface area is 593 Å². The maximum absolute atomic E-state index is 7.14. The minimum absolute atomic E-state index is 0.428. The maximum Gasteiger partial charge on any atom is 0.164 e. The van der Waals surface area contributed by atoms with Gasteiger partial charge < -0.3 is 13.9 Å². The van der Waals surface area contributed by atoms with Crippen LogP contribution < -0.4 is 4.74 Å². The highest BCUT2D eigenvalue weighted by atomic mass is 32.2. The second kappa shape index (κ2) is 22.8. The molecule has 2 atom stereocenters. The zero-order chi connectivity index (χ0) is 67.0. The third-order valence-corrected chi connectivity index (χ3v) is 22.8. The number of hydrogen-bond donors (Lipinski definition) is 0. The third kappa shape index (κ3) is 8.40. The van der Waals surface area contributed by atoms with Gasteiger partial charge in [-0.3, -0.25) is 0 Å². The number of benzene rings is 15. The largest absolute Gasteiger partial charge is 0.456 e. The average Bonchev–Trinajstić information content (AvgIpc) is 1.24. The van der Waals surface area contributed by atoms with Crippen LogP contribution in [-0.4, -0.2) is 24.1 Å². The van der Waals surface area contributed by atoms with Crippen LogP contribution in [-0.2, 0) is 10.8 Å². The topological polar surface area (TPSA) is 57.8 Å². The first-order valence-electron chi connectivity index (χ1n) is 34.8. The highest BCUT2D eigenvalue weighted by Crippen LogP contribution is 2.64. The lowest BCUT2D eigenvalue weighted by atomic mass is 9.61. The molecule has 0 radical (unpaired) electrons. The molecule has 7 heteroatoms. The monoisotopic (exact) mass is 1320 g/mol. The first kappa shape index (κ1) is 58.1. The Bertz CT molecular complexity index is 6460. The summed E-state index contributed by atoms with van der Waals surface area (Å²) in [4.78, 5) is 18.0. The molecule has 18 aromatic rings. The number of hydrogen-bond acceptors (Lipinski definition) is 5. The van der Waals surface area contributed by atoms with Crippen LogP contribution in [0, 0.1) is 0 Å². The average molecular weight is 1320 g/mol. The van der Waals surface area contributed by atoms with Gasteiger partial charge in [0.2, 0.25) is 0 Å². The van der Waals surface area contributed by atoms with E-state index in [1.165, 1.54) is 109 Å². The fourth-order valence-electron chi connectivity index (χ4n) is 17.4. The first-order valence-corrected chi connectivity index (χ1v) is 35.6. The number of aromatic nitrogens is 5. The molecule has 0 saturated heterocycles. The van der Waals surface area contributed by atoms with Crippen LogP contribution in [0.2, 0.25) is 0 Å². The van der Waals surface area contributed by atoms with Crippen molar-refractivity contribution in [3.8, 4) is 90.4 Å². The molecule has 0 fully saturated rings. The summed E-state index contributed by atoms with van der Waals surface area (Å²) in [6, 6.07) is 129. The molecule has 4 aliphatic rings. The van der Waals surface area contributed by atoms with E-state index in [0.717, 1.165) is 61.6 Å². The molecule has 15 aromatic carbocycles. The van der Waals surface area contributed by atoms with E-state index < -0.39 is 10.8 Å². The highest BCUT2D eigenvalue weighted by molar-refractivity contribution is 7.99. The van der Waals surface area contributed by atoms with E-state index >= 15 is 0 Å². The Hall–Kier alpha value is -12.9. The molecule has 6 nitrogen and oxygen atoms in total. The summed E-state index contributed by atoms with van der Waals surface area (Å²) in [6.07, 6.45) is 0. The van der Waals surface area contributed by atoms with E-state index in [2.05, 4.69) is 331 Å². The molecule has 2 unspecified atom stereocenters. The van der Waals surface area contributed by atoms with E-state index in [0.29, 0.717) is 17.5 Å². The van der Waals surface area contributed by atoms with Crippen LogP contribution in [0.3, 0.4) is 0 Å². The Morgan fingerprint density at radius 2 is 0.667 bits per heavy atom. The number of rotatable bonds is 6. The molecule has 0 bridgehead atoms. The van der Waals surface area contributed by atoms with Gasteiger partial charge in [0.05, 0.1) is 44.3 Å². The molecule has 0 amide bonds. The van der Waals surface area contributed by atoms with E-state index in [4.69, 9.17) is 19.7 Å². The lowest BCUT2D eigenvalue weighted by Crippen LogP contribution is -2.37. The van der Waals surface area contributed by atoms with Crippen molar-refractivity contribution < 1.29 is 4.74 Å². The van der Waals surface area contributed by atoms with Crippen LogP contribution >= 0.6 is 11.8 Å². The lowest BCUT2D eigenvalue weighted by Gasteiger charge is -2.45. The van der Waals surface area contributed by atoms with Gasteiger partial charge in [-0.1, -0.05) is 327 Å². The van der Waals surface area contributed by atoms with Gasteiger partial charge in [-0.05, 0) is 104 Å². The van der Waals surface area contributed by atoms with E-state index in [1.807, 2.05) is 48.2 Å². The predicted octanol–water partition coefficient (Wildman–Crippen LogP) is 23.7. The van der Waals surface area contributed by atoms with Crippen LogP contribution in [0.15, 0.2) is 368 Å². The van der Waals surface area contributed by atoms with Gasteiger partial charge in [0.25, 0.3) is 0 Å². The van der Waals surface area contributed by atoms with E-state index in [9.17, 15) is 0 Å². The molecule has 0 saturated carbocycles. The lowest BCUT2D eigenvalue weighted by molar-refractivity contribution is 0.435. The molecule has 476 valence electrons. The van der Waals surface area contributed by atoms with Crippen molar-refractivity contribution in [3.05, 3.63) is 402 Å². The predicted molar refractivity (Wildman–Crippen MR) is 415 cm³/mol. The van der Waals surface area contributed by atoms with Gasteiger partial charge in [-0.15, -0.1) is 0 Å². The quantitative estimate of drug-likeness (QED) is 0.166. The zero-order valence-corrected chi connectivity index (χ0v) is 55.9. The second-order valence-electron chi connectivity index (χ2n) is 26.8. The molecule has 102 heavy (non-hydrogen) atoms. The summed E-state index contributed by atoms with van der Waals surface area (Å²) >= 11 is 1.92. The summed E-state index contributed by atoms with van der Waals surface area (Å²) in [5, 5.41) is 5.10. The standard InChI is InChI=1S/C58H36N4O.C37H23NS/c1-3-16-37(17-4-1)38-32-34-40(35-33-38)56-59-55(39-18-5-2-6-19-39)60-57(61-56)42-21-13-20-41(36-42)43-23-14-28-49-54(43)63-52-31-12-9-26-47(52)58(49)46-25-8-11-30-51(46)62-50-29-10-7-22-44(50)45-24-15-27-48(58)53(45)62;1-2-12-24(13-3-1)25-15-10-20-31-36(25)39-34-23-9-6-18-29(34)37(31)28-17-5-8-22-33(28)38-32-21-7-4-14-26(32)27-16-11-19-30(37)35(27)38/h1-36H;1-23H. The van der Waals surface area contributed by atoms with Crippen LogP contribution in [0.4, 0.5) is 0 Å². The summed E-state index contributed by atoms with van der Waals surface area (Å²) in [5.41, 5.74) is 26.0.